The number of aryl methyl sites for hydroxylation is 2. The summed E-state index contributed by atoms with van der Waals surface area (Å²) in [7, 11) is 5.54. The number of fused-ring (bicyclic) bond motifs is 6. The summed E-state index contributed by atoms with van der Waals surface area (Å²) < 4.78 is 8.49. The molecule has 0 radical (unpaired) electrons. The molecule has 1 saturated heterocycles. The van der Waals surface area contributed by atoms with Gasteiger partial charge in [0.25, 0.3) is 5.91 Å². The Morgan fingerprint density at radius 3 is 2.50 bits per heavy atom. The third-order valence-corrected chi connectivity index (χ3v) is 13.1. The molecular formula is C54H67N9O5. The van der Waals surface area contributed by atoms with Gasteiger partial charge in [0.2, 0.25) is 11.8 Å². The largest absolute Gasteiger partial charge is 0.464 e. The van der Waals surface area contributed by atoms with Crippen LogP contribution in [0.1, 0.15) is 77.5 Å². The maximum absolute atomic E-state index is 14.7. The normalized spacial score (nSPS) is 17.7. The highest BCUT2D eigenvalue weighted by Gasteiger charge is 2.37. The average Bonchev–Trinajstić information content (AvgIpc) is 3.63. The highest BCUT2D eigenvalue weighted by Crippen LogP contribution is 2.41. The molecule has 14 heteroatoms. The number of hydrogen-bond acceptors (Lipinski definition) is 10. The molecule has 1 fully saturated rings. The number of aliphatic imine (C=N–C) groups is 2. The van der Waals surface area contributed by atoms with Crippen molar-refractivity contribution in [1.29, 1.82) is 0 Å². The number of benzene rings is 3. The second kappa shape index (κ2) is 21.5. The van der Waals surface area contributed by atoms with Gasteiger partial charge in [0, 0.05) is 87.0 Å². The number of ether oxygens (including phenoxy) is 1. The lowest BCUT2D eigenvalue weighted by Gasteiger charge is -2.36. The quantitative estimate of drug-likeness (QED) is 0.0942. The van der Waals surface area contributed by atoms with Crippen molar-refractivity contribution in [2.24, 2.45) is 21.3 Å². The van der Waals surface area contributed by atoms with Crippen LogP contribution in [-0.2, 0) is 49.7 Å². The molecule has 3 atom stereocenters. The zero-order chi connectivity index (χ0) is 48.7. The number of nitrogens with one attached hydrogen (secondary N) is 2. The van der Waals surface area contributed by atoms with Gasteiger partial charge in [-0.2, -0.15) is 4.99 Å². The number of amides is 3. The summed E-state index contributed by atoms with van der Waals surface area (Å²) in [5, 5.41) is 5.63. The van der Waals surface area contributed by atoms with Crippen LogP contribution in [0.25, 0.3) is 33.3 Å². The molecule has 0 saturated carbocycles. The molecule has 2 aliphatic heterocycles. The summed E-state index contributed by atoms with van der Waals surface area (Å²) >= 11 is 0. The fourth-order valence-corrected chi connectivity index (χ4v) is 9.51. The topological polar surface area (TPSA) is 154 Å². The molecular weight excluding hydrogens is 855 g/mol. The van der Waals surface area contributed by atoms with Crippen LogP contribution in [0.4, 0.5) is 11.4 Å². The number of nitrogens with zero attached hydrogens (tertiary/aromatic N) is 7. The van der Waals surface area contributed by atoms with E-state index in [4.69, 9.17) is 4.74 Å². The van der Waals surface area contributed by atoms with Crippen LogP contribution in [0.15, 0.2) is 95.2 Å². The molecule has 0 unspecified atom stereocenters. The van der Waals surface area contributed by atoms with Crippen LogP contribution >= 0.6 is 0 Å². The van der Waals surface area contributed by atoms with Crippen molar-refractivity contribution in [2.45, 2.75) is 105 Å². The van der Waals surface area contributed by atoms with Crippen molar-refractivity contribution in [1.82, 2.24) is 30.2 Å². The maximum Gasteiger partial charge on any atom is 0.324 e. The molecule has 3 amide bonds. The third-order valence-electron chi connectivity index (χ3n) is 13.1. The first-order valence-electron chi connectivity index (χ1n) is 24.0. The summed E-state index contributed by atoms with van der Waals surface area (Å²) in [6.07, 6.45) is 6.56. The summed E-state index contributed by atoms with van der Waals surface area (Å²) in [6, 6.07) is 24.4. The Morgan fingerprint density at radius 1 is 1.01 bits per heavy atom. The number of cyclic esters (lactones) is 1. The van der Waals surface area contributed by atoms with Crippen molar-refractivity contribution in [3.8, 4) is 22.4 Å². The average molecular weight is 922 g/mol. The number of anilines is 1. The summed E-state index contributed by atoms with van der Waals surface area (Å²) in [5.41, 5.74) is 13.0. The molecule has 4 heterocycles. The predicted octanol–water partition coefficient (Wildman–Crippen LogP) is 8.05. The lowest BCUT2D eigenvalue weighted by Crippen LogP contribution is -2.62. The number of esters is 1. The maximum atomic E-state index is 14.7. The van der Waals surface area contributed by atoms with Gasteiger partial charge < -0.3 is 24.4 Å². The van der Waals surface area contributed by atoms with Gasteiger partial charge in [0.1, 0.15) is 18.1 Å². The second-order valence-corrected chi connectivity index (χ2v) is 19.4. The fourth-order valence-electron chi connectivity index (χ4n) is 9.51. The highest BCUT2D eigenvalue weighted by atomic mass is 16.5. The van der Waals surface area contributed by atoms with Crippen LogP contribution in [0.2, 0.25) is 0 Å². The van der Waals surface area contributed by atoms with Gasteiger partial charge in [-0.3, -0.25) is 29.2 Å². The van der Waals surface area contributed by atoms with Gasteiger partial charge in [-0.05, 0) is 109 Å². The van der Waals surface area contributed by atoms with E-state index >= 15 is 0 Å². The SMILES string of the molecule is CCc1ccncc1-c1c2c3cc(ccc3n1CC)-c1cccc(c1)C[C@H](NC(=O)[C@H](C(C)C)N(C)C(=O)CCN=C=Nc1ccc(N(C)C)cc1)C(=O)N1CCC[C@H](N1)C(=O)OCC(C)(C)C2. The van der Waals surface area contributed by atoms with E-state index in [1.807, 2.05) is 81.6 Å². The molecule has 3 aromatic carbocycles. The zero-order valence-corrected chi connectivity index (χ0v) is 41.1. The molecule has 2 N–H and O–H groups in total. The fraction of sp³-hybridized carbons (Fsp3) is 0.444. The third kappa shape index (κ3) is 11.2. The van der Waals surface area contributed by atoms with Crippen LogP contribution < -0.4 is 15.6 Å². The summed E-state index contributed by atoms with van der Waals surface area (Å²) in [4.78, 5) is 73.1. The number of hydrazine groups is 1. The molecule has 5 aromatic rings. The second-order valence-electron chi connectivity index (χ2n) is 19.4. The first kappa shape index (κ1) is 49.3. The molecule has 7 rings (SSSR count). The Kier molecular flexibility index (Phi) is 15.6. The van der Waals surface area contributed by atoms with Crippen molar-refractivity contribution >= 4 is 52.0 Å². The Balaban J connectivity index is 1.20. The minimum atomic E-state index is -1.03. The van der Waals surface area contributed by atoms with Crippen LogP contribution in [0.3, 0.4) is 0 Å². The van der Waals surface area contributed by atoms with Crippen LogP contribution in [0.5, 0.6) is 0 Å². The first-order valence-corrected chi connectivity index (χ1v) is 24.0. The summed E-state index contributed by atoms with van der Waals surface area (Å²) in [6.45, 7) is 13.7. The molecule has 68 heavy (non-hydrogen) atoms. The smallest absolute Gasteiger partial charge is 0.324 e. The zero-order valence-electron chi connectivity index (χ0n) is 41.1. The number of carbonyl (C=O) groups excluding carboxylic acids is 4. The van der Waals surface area contributed by atoms with Crippen LogP contribution in [-0.4, -0.2) is 108 Å². The number of carbonyl (C=O) groups is 4. The molecule has 2 aliphatic rings. The Hall–Kier alpha value is -6.63. The molecule has 358 valence electrons. The molecule has 0 spiro atoms. The minimum absolute atomic E-state index is 0.0393. The number of rotatable bonds is 12. The highest BCUT2D eigenvalue weighted by molar-refractivity contribution is 5.96. The predicted molar refractivity (Wildman–Crippen MR) is 269 cm³/mol. The van der Waals surface area contributed by atoms with Gasteiger partial charge in [-0.25, -0.2) is 10.4 Å². The number of hydrogen-bond donors (Lipinski definition) is 2. The van der Waals surface area contributed by atoms with Gasteiger partial charge in [0.15, 0.2) is 0 Å². The Labute approximate surface area is 400 Å². The number of aromatic nitrogens is 2. The van der Waals surface area contributed by atoms with E-state index in [0.717, 1.165) is 57.5 Å². The number of pyridine rings is 1. The molecule has 2 aromatic heterocycles. The van der Waals surface area contributed by atoms with E-state index in [9.17, 15) is 19.2 Å². The van der Waals surface area contributed by atoms with Gasteiger partial charge in [-0.1, -0.05) is 65.0 Å². The van der Waals surface area contributed by atoms with Gasteiger partial charge >= 0.3 is 5.97 Å². The Morgan fingerprint density at radius 2 is 1.78 bits per heavy atom. The van der Waals surface area contributed by atoms with Crippen molar-refractivity contribution < 1.29 is 23.9 Å². The Bertz CT molecular complexity index is 2700. The number of likely N-dealkylation sites (N-methyl/N-ethyl adjacent to an activating group) is 1. The van der Waals surface area contributed by atoms with Crippen molar-refractivity contribution in [3.63, 3.8) is 0 Å². The van der Waals surface area contributed by atoms with Crippen molar-refractivity contribution in [2.75, 3.05) is 45.7 Å². The van der Waals surface area contributed by atoms with E-state index in [-0.39, 0.29) is 43.7 Å². The van der Waals surface area contributed by atoms with E-state index in [1.54, 1.807) is 7.05 Å². The van der Waals surface area contributed by atoms with Gasteiger partial charge in [0.05, 0.1) is 30.5 Å². The van der Waals surface area contributed by atoms with Crippen molar-refractivity contribution in [3.05, 3.63) is 102 Å². The van der Waals surface area contributed by atoms with E-state index in [0.29, 0.717) is 31.5 Å². The standard InChI is InChI=1S/C54H67N9O5/c1-10-37-23-25-55-32-44(37)50-43-31-54(5,6)33-68-53(67)45-16-13-27-63(59-45)52(66)46(29-36-14-12-15-38(28-36)39-17-22-47(42(43)30-39)62(50)11-2)58-51(65)49(35(3)4)61(9)48(64)24-26-56-34-57-40-18-20-41(21-19-40)60(7)8/h12,14-15,17-23,25,28,30,32,35,45-46,49,59H,10-11,13,16,24,26-27,29,31,33H2,1-9H3,(H,58,65)/t45-,46-,49-/m0/s1. The molecule has 14 nitrogen and oxygen atoms in total. The van der Waals surface area contributed by atoms with Crippen LogP contribution in [0, 0.1) is 11.3 Å². The lowest BCUT2D eigenvalue weighted by molar-refractivity contribution is -0.155. The lowest BCUT2D eigenvalue weighted by atomic mass is 9.84. The monoisotopic (exact) mass is 922 g/mol. The minimum Gasteiger partial charge on any atom is -0.464 e. The van der Waals surface area contributed by atoms with E-state index in [2.05, 4.69) is 100 Å². The first-order chi connectivity index (χ1) is 32.6. The van der Waals surface area contributed by atoms with E-state index in [1.165, 1.54) is 21.0 Å². The van der Waals surface area contributed by atoms with Gasteiger partial charge in [-0.15, -0.1) is 0 Å². The van der Waals surface area contributed by atoms with E-state index < -0.39 is 35.4 Å². The molecule has 6 bridgehead atoms. The summed E-state index contributed by atoms with van der Waals surface area (Å²) in [5.74, 6) is -1.84. The molecule has 0 aliphatic carbocycles.